The molecule has 0 saturated heterocycles. The number of rotatable bonds is 5. The van der Waals surface area contributed by atoms with E-state index < -0.39 is 0 Å². The van der Waals surface area contributed by atoms with E-state index in [1.165, 1.54) is 6.08 Å². The van der Waals surface area contributed by atoms with E-state index in [1.807, 2.05) is 4.57 Å². The Kier molecular flexibility index (Phi) is 4.94. The fraction of sp³-hybridized carbons (Fsp3) is 0.300. The van der Waals surface area contributed by atoms with Gasteiger partial charge in [0.25, 0.3) is 0 Å². The van der Waals surface area contributed by atoms with Gasteiger partial charge in [-0.3, -0.25) is 14.3 Å². The molecule has 0 saturated carbocycles. The first-order valence-corrected chi connectivity index (χ1v) is 8.60. The van der Waals surface area contributed by atoms with Crippen LogP contribution in [-0.2, 0) is 11.2 Å². The third-order valence-electron chi connectivity index (χ3n) is 3.94. The number of carbonyl (C=O) groups excluding carboxylic acids is 1. The molecule has 3 rings (SSSR count). The summed E-state index contributed by atoms with van der Waals surface area (Å²) in [5, 5.41) is 2.76. The summed E-state index contributed by atoms with van der Waals surface area (Å²) in [6.07, 6.45) is 7.19. The maximum Gasteiger partial charge on any atom is 0.247 e. The summed E-state index contributed by atoms with van der Waals surface area (Å²) in [6.45, 7) is 9.96. The van der Waals surface area contributed by atoms with Crippen molar-refractivity contribution in [1.82, 2.24) is 19.5 Å². The van der Waals surface area contributed by atoms with Crippen LogP contribution < -0.4 is 10.1 Å². The highest BCUT2D eigenvalue weighted by atomic mass is 16.5. The van der Waals surface area contributed by atoms with Crippen LogP contribution in [0, 0.1) is 5.41 Å². The lowest BCUT2D eigenvalue weighted by atomic mass is 9.91. The maximum atomic E-state index is 11.7. The lowest BCUT2D eigenvalue weighted by Gasteiger charge is -2.17. The zero-order chi connectivity index (χ0) is 19.6. The standard InChI is InChI=1S/C20H23N5O2/c1-6-19(26)24-15-7-16-14(8-17(15)27-5)22-12-25(16)18-11-21-10-13(23-18)9-20(2,3)4/h6-8,10-12H,1,9H2,2-5H3,(H,24,26). The van der Waals surface area contributed by atoms with Crippen LogP contribution in [0.4, 0.5) is 5.69 Å². The molecule has 27 heavy (non-hydrogen) atoms. The Bertz CT molecular complexity index is 1000. The third kappa shape index (κ3) is 4.13. The minimum atomic E-state index is -0.314. The van der Waals surface area contributed by atoms with Gasteiger partial charge < -0.3 is 10.1 Å². The van der Waals surface area contributed by atoms with Crippen LogP contribution in [0.2, 0.25) is 0 Å². The van der Waals surface area contributed by atoms with Crippen molar-refractivity contribution in [2.45, 2.75) is 27.2 Å². The quantitative estimate of drug-likeness (QED) is 0.700. The van der Waals surface area contributed by atoms with Crippen LogP contribution in [0.15, 0.2) is 43.5 Å². The Labute approximate surface area is 158 Å². The molecule has 0 atom stereocenters. The number of aromatic nitrogens is 4. The molecule has 0 aliphatic rings. The molecule has 7 heteroatoms. The molecule has 3 aromatic rings. The van der Waals surface area contributed by atoms with Gasteiger partial charge in [0.05, 0.1) is 35.7 Å². The second-order valence-electron chi connectivity index (χ2n) is 7.46. The second-order valence-corrected chi connectivity index (χ2v) is 7.46. The third-order valence-corrected chi connectivity index (χ3v) is 3.94. The number of nitrogens with zero attached hydrogens (tertiary/aromatic N) is 4. The van der Waals surface area contributed by atoms with E-state index in [0.717, 1.165) is 23.1 Å². The van der Waals surface area contributed by atoms with Gasteiger partial charge in [0.2, 0.25) is 5.91 Å². The first-order valence-electron chi connectivity index (χ1n) is 8.60. The van der Waals surface area contributed by atoms with Crippen molar-refractivity contribution in [1.29, 1.82) is 0 Å². The van der Waals surface area contributed by atoms with E-state index >= 15 is 0 Å². The predicted octanol–water partition coefficient (Wildman–Crippen LogP) is 3.54. The second kappa shape index (κ2) is 7.19. The molecular weight excluding hydrogens is 342 g/mol. The molecule has 0 fully saturated rings. The summed E-state index contributed by atoms with van der Waals surface area (Å²) in [7, 11) is 1.54. The van der Waals surface area contributed by atoms with Crippen molar-refractivity contribution < 1.29 is 9.53 Å². The van der Waals surface area contributed by atoms with Crippen LogP contribution in [0.25, 0.3) is 16.9 Å². The first kappa shape index (κ1) is 18.6. The lowest BCUT2D eigenvalue weighted by Crippen LogP contribution is -2.12. The van der Waals surface area contributed by atoms with Crippen molar-refractivity contribution in [3.8, 4) is 11.6 Å². The minimum absolute atomic E-state index is 0.111. The van der Waals surface area contributed by atoms with Crippen LogP contribution in [0.5, 0.6) is 5.75 Å². The molecule has 0 aliphatic carbocycles. The van der Waals surface area contributed by atoms with E-state index in [4.69, 9.17) is 9.72 Å². The van der Waals surface area contributed by atoms with Gasteiger partial charge in [-0.1, -0.05) is 27.4 Å². The topological polar surface area (TPSA) is 81.9 Å². The van der Waals surface area contributed by atoms with Gasteiger partial charge in [0.1, 0.15) is 12.1 Å². The van der Waals surface area contributed by atoms with Crippen molar-refractivity contribution in [2.24, 2.45) is 5.41 Å². The Hall–Kier alpha value is -3.22. The van der Waals surface area contributed by atoms with Gasteiger partial charge in [-0.05, 0) is 24.0 Å². The maximum absolute atomic E-state index is 11.7. The Morgan fingerprint density at radius 1 is 1.33 bits per heavy atom. The average molecular weight is 365 g/mol. The van der Waals surface area contributed by atoms with Crippen LogP contribution in [0.3, 0.4) is 0 Å². The number of hydrogen-bond acceptors (Lipinski definition) is 5. The number of anilines is 1. The first-order chi connectivity index (χ1) is 12.8. The zero-order valence-corrected chi connectivity index (χ0v) is 16.0. The van der Waals surface area contributed by atoms with Crippen LogP contribution >= 0.6 is 0 Å². The van der Waals surface area contributed by atoms with E-state index in [9.17, 15) is 4.79 Å². The van der Waals surface area contributed by atoms with Gasteiger partial charge in [0.15, 0.2) is 5.82 Å². The molecular formula is C20H23N5O2. The summed E-state index contributed by atoms with van der Waals surface area (Å²) in [6, 6.07) is 3.58. The molecule has 7 nitrogen and oxygen atoms in total. The van der Waals surface area contributed by atoms with Gasteiger partial charge in [-0.25, -0.2) is 9.97 Å². The zero-order valence-electron chi connectivity index (χ0n) is 16.0. The Morgan fingerprint density at radius 3 is 2.78 bits per heavy atom. The summed E-state index contributed by atoms with van der Waals surface area (Å²) < 4.78 is 7.21. The van der Waals surface area contributed by atoms with Gasteiger partial charge in [-0.2, -0.15) is 0 Å². The van der Waals surface area contributed by atoms with Gasteiger partial charge >= 0.3 is 0 Å². The van der Waals surface area contributed by atoms with Crippen LogP contribution in [-0.4, -0.2) is 32.5 Å². The summed E-state index contributed by atoms with van der Waals surface area (Å²) >= 11 is 0. The van der Waals surface area contributed by atoms with E-state index in [2.05, 4.69) is 42.6 Å². The molecule has 0 bridgehead atoms. The van der Waals surface area contributed by atoms with Crippen LogP contribution in [0.1, 0.15) is 26.5 Å². The van der Waals surface area contributed by atoms with Crippen molar-refractivity contribution in [3.05, 3.63) is 49.2 Å². The molecule has 0 radical (unpaired) electrons. The minimum Gasteiger partial charge on any atom is -0.494 e. The molecule has 2 heterocycles. The molecule has 0 spiro atoms. The molecule has 140 valence electrons. The van der Waals surface area contributed by atoms with E-state index in [0.29, 0.717) is 17.3 Å². The van der Waals surface area contributed by atoms with Crippen molar-refractivity contribution in [3.63, 3.8) is 0 Å². The van der Waals surface area contributed by atoms with Gasteiger partial charge in [0, 0.05) is 12.3 Å². The molecule has 1 N–H and O–H groups in total. The monoisotopic (exact) mass is 365 g/mol. The fourth-order valence-corrected chi connectivity index (χ4v) is 2.81. The number of hydrogen-bond donors (Lipinski definition) is 1. The number of carbonyl (C=O) groups is 1. The SMILES string of the molecule is C=CC(=O)Nc1cc2c(cc1OC)ncn2-c1cncc(CC(C)(C)C)n1. The molecule has 0 aliphatic heterocycles. The summed E-state index contributed by atoms with van der Waals surface area (Å²) in [5.41, 5.74) is 3.08. The normalized spacial score (nSPS) is 11.4. The highest BCUT2D eigenvalue weighted by molar-refractivity contribution is 6.01. The molecule has 0 unspecified atom stereocenters. The van der Waals surface area contributed by atoms with Crippen molar-refractivity contribution in [2.75, 3.05) is 12.4 Å². The average Bonchev–Trinajstić information content (AvgIpc) is 3.02. The molecule has 2 aromatic heterocycles. The number of imidazole rings is 1. The number of ether oxygens (including phenoxy) is 1. The molecule has 1 aromatic carbocycles. The molecule has 1 amide bonds. The van der Waals surface area contributed by atoms with E-state index in [1.54, 1.807) is 38.0 Å². The number of fused-ring (bicyclic) bond motifs is 1. The summed E-state index contributed by atoms with van der Waals surface area (Å²) in [5.74, 6) is 0.881. The fourth-order valence-electron chi connectivity index (χ4n) is 2.81. The summed E-state index contributed by atoms with van der Waals surface area (Å²) in [4.78, 5) is 25.2. The van der Waals surface area contributed by atoms with E-state index in [-0.39, 0.29) is 11.3 Å². The number of amides is 1. The largest absolute Gasteiger partial charge is 0.494 e. The predicted molar refractivity (Wildman–Crippen MR) is 105 cm³/mol. The smallest absolute Gasteiger partial charge is 0.247 e. The number of methoxy groups -OCH3 is 1. The Morgan fingerprint density at radius 2 is 2.11 bits per heavy atom. The highest BCUT2D eigenvalue weighted by Crippen LogP contribution is 2.31. The lowest BCUT2D eigenvalue weighted by molar-refractivity contribution is -0.111. The van der Waals surface area contributed by atoms with Crippen molar-refractivity contribution >= 4 is 22.6 Å². The van der Waals surface area contributed by atoms with Gasteiger partial charge in [-0.15, -0.1) is 0 Å². The Balaban J connectivity index is 2.07. The number of benzene rings is 1. The number of nitrogens with one attached hydrogen (secondary N) is 1. The highest BCUT2D eigenvalue weighted by Gasteiger charge is 2.16.